The van der Waals surface area contributed by atoms with Crippen molar-refractivity contribution in [3.8, 4) is 0 Å². The van der Waals surface area contributed by atoms with Gasteiger partial charge in [-0.3, -0.25) is 19.1 Å². The molecule has 0 unspecified atom stereocenters. The molecule has 0 saturated heterocycles. The van der Waals surface area contributed by atoms with E-state index in [1.165, 1.54) is 35.0 Å². The Morgan fingerprint density at radius 2 is 1.74 bits per heavy atom. The third-order valence-electron chi connectivity index (χ3n) is 5.25. The Kier molecular flexibility index (Phi) is 6.05. The number of benzene rings is 2. The number of hydrogen-bond donors (Lipinski definition) is 3. The SMILES string of the molecule is Cc1nn(CC(=O)Nc2ccc(F)cc2)c(C)c1NC(=O)c1cc(C(N)=O)nc2ccccc12. The van der Waals surface area contributed by atoms with E-state index in [4.69, 9.17) is 5.73 Å². The van der Waals surface area contributed by atoms with Crippen LogP contribution in [0.15, 0.2) is 54.6 Å². The van der Waals surface area contributed by atoms with Gasteiger partial charge in [0.05, 0.1) is 28.2 Å². The van der Waals surface area contributed by atoms with Crippen molar-refractivity contribution in [3.63, 3.8) is 0 Å². The van der Waals surface area contributed by atoms with Gasteiger partial charge in [0.2, 0.25) is 5.91 Å². The average molecular weight is 460 g/mol. The molecule has 0 saturated carbocycles. The van der Waals surface area contributed by atoms with Crippen LogP contribution in [0.25, 0.3) is 10.9 Å². The molecule has 2 heterocycles. The summed E-state index contributed by atoms with van der Waals surface area (Å²) in [6.45, 7) is 3.32. The zero-order valence-electron chi connectivity index (χ0n) is 18.4. The van der Waals surface area contributed by atoms with Gasteiger partial charge >= 0.3 is 0 Å². The highest BCUT2D eigenvalue weighted by Gasteiger charge is 2.20. The van der Waals surface area contributed by atoms with Gasteiger partial charge < -0.3 is 16.4 Å². The predicted octanol–water partition coefficient (Wildman–Crippen LogP) is 3.18. The van der Waals surface area contributed by atoms with E-state index in [2.05, 4.69) is 20.7 Å². The quantitative estimate of drug-likeness (QED) is 0.407. The lowest BCUT2D eigenvalue weighted by molar-refractivity contribution is -0.116. The molecule has 0 radical (unpaired) electrons. The zero-order valence-corrected chi connectivity index (χ0v) is 18.4. The Hall–Kier alpha value is -4.60. The smallest absolute Gasteiger partial charge is 0.267 e. The highest BCUT2D eigenvalue weighted by atomic mass is 19.1. The summed E-state index contributed by atoms with van der Waals surface area (Å²) in [6, 6.07) is 13.7. The summed E-state index contributed by atoms with van der Waals surface area (Å²) in [4.78, 5) is 41.5. The molecule has 0 atom stereocenters. The first-order chi connectivity index (χ1) is 16.2. The van der Waals surface area contributed by atoms with E-state index in [1.807, 2.05) is 0 Å². The second-order valence-corrected chi connectivity index (χ2v) is 7.65. The maximum absolute atomic E-state index is 13.2. The molecule has 9 nitrogen and oxygen atoms in total. The van der Waals surface area contributed by atoms with Gasteiger partial charge in [-0.15, -0.1) is 0 Å². The minimum absolute atomic E-state index is 0.0227. The number of anilines is 2. The molecule has 4 aromatic rings. The van der Waals surface area contributed by atoms with Gasteiger partial charge in [-0.25, -0.2) is 9.37 Å². The van der Waals surface area contributed by atoms with E-state index in [0.717, 1.165) is 0 Å². The number of para-hydroxylation sites is 1. The average Bonchev–Trinajstić information content (AvgIpc) is 3.06. The maximum Gasteiger partial charge on any atom is 0.267 e. The van der Waals surface area contributed by atoms with Crippen molar-refractivity contribution in [2.24, 2.45) is 5.73 Å². The fourth-order valence-corrected chi connectivity index (χ4v) is 3.57. The molecule has 2 aromatic heterocycles. The number of nitrogens with two attached hydrogens (primary N) is 1. The molecule has 0 aliphatic carbocycles. The van der Waals surface area contributed by atoms with E-state index in [1.54, 1.807) is 38.1 Å². The summed E-state index contributed by atoms with van der Waals surface area (Å²) in [5, 5.41) is 10.4. The number of nitrogens with zero attached hydrogens (tertiary/aromatic N) is 3. The van der Waals surface area contributed by atoms with Crippen molar-refractivity contribution in [1.29, 1.82) is 0 Å². The first kappa shape index (κ1) is 22.6. The number of carbonyl (C=O) groups excluding carboxylic acids is 3. The third-order valence-corrected chi connectivity index (χ3v) is 5.25. The zero-order chi connectivity index (χ0) is 24.4. The summed E-state index contributed by atoms with van der Waals surface area (Å²) in [6.07, 6.45) is 0. The molecular weight excluding hydrogens is 439 g/mol. The van der Waals surface area contributed by atoms with Crippen LogP contribution < -0.4 is 16.4 Å². The van der Waals surface area contributed by atoms with E-state index in [9.17, 15) is 18.8 Å². The topological polar surface area (TPSA) is 132 Å². The Labute approximate surface area is 193 Å². The van der Waals surface area contributed by atoms with E-state index < -0.39 is 17.6 Å². The minimum atomic E-state index is -0.743. The number of pyridine rings is 1. The Balaban J connectivity index is 1.57. The highest BCUT2D eigenvalue weighted by Crippen LogP contribution is 2.24. The Morgan fingerprint density at radius 1 is 1.03 bits per heavy atom. The normalized spacial score (nSPS) is 10.8. The number of nitrogens with one attached hydrogen (secondary N) is 2. The molecule has 4 rings (SSSR count). The molecule has 4 N–H and O–H groups in total. The molecule has 2 aromatic carbocycles. The van der Waals surface area contributed by atoms with Crippen LogP contribution in [0, 0.1) is 19.7 Å². The maximum atomic E-state index is 13.2. The summed E-state index contributed by atoms with van der Waals surface area (Å²) in [7, 11) is 0. The molecule has 0 aliphatic heterocycles. The lowest BCUT2D eigenvalue weighted by Crippen LogP contribution is -2.20. The monoisotopic (exact) mass is 460 g/mol. The third kappa shape index (κ3) is 4.60. The van der Waals surface area contributed by atoms with Gasteiger partial charge in [0, 0.05) is 11.1 Å². The lowest BCUT2D eigenvalue weighted by atomic mass is 10.1. The van der Waals surface area contributed by atoms with Crippen LogP contribution in [0.1, 0.15) is 32.2 Å². The van der Waals surface area contributed by atoms with Crippen LogP contribution in [0.3, 0.4) is 0 Å². The fourth-order valence-electron chi connectivity index (χ4n) is 3.57. The van der Waals surface area contributed by atoms with Crippen molar-refractivity contribution in [3.05, 3.63) is 83.1 Å². The number of aromatic nitrogens is 3. The Bertz CT molecular complexity index is 1430. The number of rotatable bonds is 6. The number of amides is 3. The summed E-state index contributed by atoms with van der Waals surface area (Å²) in [5.74, 6) is -1.97. The van der Waals surface area contributed by atoms with E-state index in [-0.39, 0.29) is 23.7 Å². The van der Waals surface area contributed by atoms with Crippen molar-refractivity contribution in [2.45, 2.75) is 20.4 Å². The van der Waals surface area contributed by atoms with Gasteiger partial charge in [-0.1, -0.05) is 18.2 Å². The molecule has 0 bridgehead atoms. The van der Waals surface area contributed by atoms with Gasteiger partial charge in [-0.05, 0) is 50.2 Å². The van der Waals surface area contributed by atoms with Crippen LogP contribution in [0.2, 0.25) is 0 Å². The number of halogens is 1. The van der Waals surface area contributed by atoms with E-state index in [0.29, 0.717) is 33.7 Å². The molecule has 0 fully saturated rings. The fraction of sp³-hybridized carbons (Fsp3) is 0.125. The van der Waals surface area contributed by atoms with Crippen LogP contribution in [-0.2, 0) is 11.3 Å². The summed E-state index contributed by atoms with van der Waals surface area (Å²) >= 11 is 0. The largest absolute Gasteiger partial charge is 0.364 e. The Morgan fingerprint density at radius 3 is 2.44 bits per heavy atom. The standard InChI is InChI=1S/C24H21FN6O3/c1-13-22(14(2)31(30-13)12-21(32)27-16-9-7-15(25)8-10-16)29-24(34)18-11-20(23(26)33)28-19-6-4-3-5-17(18)19/h3-11H,12H2,1-2H3,(H2,26,33)(H,27,32)(H,29,34). The second kappa shape index (κ2) is 9.10. The number of fused-ring (bicyclic) bond motifs is 1. The molecule has 0 spiro atoms. The molecule has 34 heavy (non-hydrogen) atoms. The molecule has 0 aliphatic rings. The van der Waals surface area contributed by atoms with Gasteiger partial charge in [0.1, 0.15) is 18.1 Å². The highest BCUT2D eigenvalue weighted by molar-refractivity contribution is 6.14. The summed E-state index contributed by atoms with van der Waals surface area (Å²) in [5.41, 5.74) is 8.03. The number of aryl methyl sites for hydroxylation is 1. The van der Waals surface area contributed by atoms with Gasteiger partial charge in [-0.2, -0.15) is 5.10 Å². The minimum Gasteiger partial charge on any atom is -0.364 e. The van der Waals surface area contributed by atoms with Crippen molar-refractivity contribution < 1.29 is 18.8 Å². The molecular formula is C24H21FN6O3. The predicted molar refractivity (Wildman–Crippen MR) is 125 cm³/mol. The van der Waals surface area contributed by atoms with Crippen molar-refractivity contribution >= 4 is 40.0 Å². The van der Waals surface area contributed by atoms with Crippen LogP contribution >= 0.6 is 0 Å². The number of hydrogen-bond acceptors (Lipinski definition) is 5. The summed E-state index contributed by atoms with van der Waals surface area (Å²) < 4.78 is 14.5. The molecule has 172 valence electrons. The van der Waals surface area contributed by atoms with Crippen molar-refractivity contribution in [1.82, 2.24) is 14.8 Å². The first-order valence-electron chi connectivity index (χ1n) is 10.3. The van der Waals surface area contributed by atoms with Gasteiger partial charge in [0.25, 0.3) is 11.8 Å². The van der Waals surface area contributed by atoms with E-state index >= 15 is 0 Å². The van der Waals surface area contributed by atoms with Crippen LogP contribution in [0.5, 0.6) is 0 Å². The van der Waals surface area contributed by atoms with Crippen molar-refractivity contribution in [2.75, 3.05) is 10.6 Å². The first-order valence-corrected chi connectivity index (χ1v) is 10.3. The second-order valence-electron chi connectivity index (χ2n) is 7.65. The van der Waals surface area contributed by atoms with Crippen LogP contribution in [-0.4, -0.2) is 32.5 Å². The number of primary amides is 1. The lowest BCUT2D eigenvalue weighted by Gasteiger charge is -2.10. The molecule has 10 heteroatoms. The molecule has 3 amide bonds. The van der Waals surface area contributed by atoms with Crippen LogP contribution in [0.4, 0.5) is 15.8 Å². The number of carbonyl (C=O) groups is 3. The van der Waals surface area contributed by atoms with Gasteiger partial charge in [0.15, 0.2) is 0 Å².